The van der Waals surface area contributed by atoms with Crippen LogP contribution in [0.1, 0.15) is 40.2 Å². The van der Waals surface area contributed by atoms with Gasteiger partial charge in [-0.2, -0.15) is 0 Å². The maximum atomic E-state index is 12.9. The van der Waals surface area contributed by atoms with Crippen LogP contribution in [0.4, 0.5) is 0 Å². The van der Waals surface area contributed by atoms with E-state index in [-0.39, 0.29) is 11.8 Å². The van der Waals surface area contributed by atoms with E-state index in [4.69, 9.17) is 0 Å². The first-order valence-electron chi connectivity index (χ1n) is 8.01. The quantitative estimate of drug-likeness (QED) is 0.727. The largest absolute Gasteiger partial charge is 0.342 e. The van der Waals surface area contributed by atoms with Gasteiger partial charge in [0.05, 0.1) is 0 Å². The van der Waals surface area contributed by atoms with Gasteiger partial charge in [-0.15, -0.1) is 0 Å². The lowest BCUT2D eigenvalue weighted by Gasteiger charge is -2.34. The van der Waals surface area contributed by atoms with Gasteiger partial charge in [0.1, 0.15) is 5.41 Å². The zero-order valence-corrected chi connectivity index (χ0v) is 14.4. The van der Waals surface area contributed by atoms with Crippen LogP contribution in [-0.2, 0) is 16.1 Å². The van der Waals surface area contributed by atoms with Crippen LogP contribution in [-0.4, -0.2) is 41.2 Å². The molecule has 4 nitrogen and oxygen atoms in total. The fraction of sp³-hybridized carbons (Fsp3) is 0.556. The average Bonchev–Trinajstić information content (AvgIpc) is 2.53. The Morgan fingerprint density at radius 2 is 1.32 bits per heavy atom. The van der Waals surface area contributed by atoms with Crippen LogP contribution < -0.4 is 0 Å². The number of carbonyl (C=O) groups excluding carboxylic acids is 2. The van der Waals surface area contributed by atoms with Gasteiger partial charge in [-0.1, -0.05) is 30.3 Å². The van der Waals surface area contributed by atoms with E-state index in [0.717, 1.165) is 5.56 Å². The number of benzene rings is 1. The van der Waals surface area contributed by atoms with Crippen LogP contribution in [0.15, 0.2) is 30.3 Å². The van der Waals surface area contributed by atoms with E-state index >= 15 is 0 Å². The fourth-order valence-corrected chi connectivity index (χ4v) is 2.52. The zero-order valence-electron chi connectivity index (χ0n) is 14.4. The van der Waals surface area contributed by atoms with Gasteiger partial charge in [0, 0.05) is 26.2 Å². The molecular formula is C18H28N2O2. The molecule has 2 amide bonds. The molecule has 0 spiro atoms. The van der Waals surface area contributed by atoms with E-state index in [1.807, 2.05) is 51.1 Å². The number of carbonyl (C=O) groups is 2. The Morgan fingerprint density at radius 1 is 0.864 bits per heavy atom. The van der Waals surface area contributed by atoms with Gasteiger partial charge in [-0.3, -0.25) is 9.59 Å². The first-order chi connectivity index (χ1) is 10.4. The lowest BCUT2D eigenvalue weighted by atomic mass is 9.89. The molecule has 0 N–H and O–H groups in total. The summed E-state index contributed by atoms with van der Waals surface area (Å²) >= 11 is 0. The van der Waals surface area contributed by atoms with E-state index in [1.54, 1.807) is 23.6 Å². The molecular weight excluding hydrogens is 276 g/mol. The minimum atomic E-state index is -1.03. The molecule has 0 bridgehead atoms. The maximum Gasteiger partial charge on any atom is 0.237 e. The molecule has 122 valence electrons. The highest BCUT2D eigenvalue weighted by molar-refractivity contribution is 6.04. The molecule has 0 atom stereocenters. The van der Waals surface area contributed by atoms with Crippen LogP contribution in [0.2, 0.25) is 0 Å². The SMILES string of the molecule is CCN(CC)C(=O)C(C)(C)C(=O)N(CC)Cc1ccccc1. The summed E-state index contributed by atoms with van der Waals surface area (Å²) in [6.45, 7) is 11.6. The summed E-state index contributed by atoms with van der Waals surface area (Å²) in [6.07, 6.45) is 0. The Balaban J connectivity index is 2.92. The molecule has 0 saturated carbocycles. The molecule has 0 unspecified atom stereocenters. The monoisotopic (exact) mass is 304 g/mol. The van der Waals surface area contributed by atoms with Crippen LogP contribution in [0.25, 0.3) is 0 Å². The molecule has 0 aromatic heterocycles. The molecule has 0 aliphatic rings. The number of nitrogens with zero attached hydrogens (tertiary/aromatic N) is 2. The third-order valence-corrected chi connectivity index (χ3v) is 4.01. The molecule has 4 heteroatoms. The highest BCUT2D eigenvalue weighted by Gasteiger charge is 2.40. The molecule has 0 radical (unpaired) electrons. The third kappa shape index (κ3) is 4.09. The van der Waals surface area contributed by atoms with Crippen LogP contribution >= 0.6 is 0 Å². The van der Waals surface area contributed by atoms with E-state index in [9.17, 15) is 9.59 Å². The van der Waals surface area contributed by atoms with Gasteiger partial charge in [-0.25, -0.2) is 0 Å². The molecule has 1 aromatic rings. The van der Waals surface area contributed by atoms with Gasteiger partial charge >= 0.3 is 0 Å². The Hall–Kier alpha value is -1.84. The van der Waals surface area contributed by atoms with Gasteiger partial charge in [0.15, 0.2) is 0 Å². The first kappa shape index (κ1) is 18.2. The van der Waals surface area contributed by atoms with E-state index in [2.05, 4.69) is 0 Å². The minimum absolute atomic E-state index is 0.103. The maximum absolute atomic E-state index is 12.9. The molecule has 0 fully saturated rings. The summed E-state index contributed by atoms with van der Waals surface area (Å²) in [5.41, 5.74) is 0.0420. The highest BCUT2D eigenvalue weighted by atomic mass is 16.2. The second-order valence-electron chi connectivity index (χ2n) is 5.91. The van der Waals surface area contributed by atoms with Crippen molar-refractivity contribution < 1.29 is 9.59 Å². The predicted octanol–water partition coefficient (Wildman–Crippen LogP) is 2.93. The Morgan fingerprint density at radius 3 is 1.77 bits per heavy atom. The van der Waals surface area contributed by atoms with Crippen molar-refractivity contribution in [2.75, 3.05) is 19.6 Å². The van der Waals surface area contributed by atoms with Crippen molar-refractivity contribution in [3.8, 4) is 0 Å². The van der Waals surface area contributed by atoms with Gasteiger partial charge in [0.2, 0.25) is 11.8 Å². The molecule has 0 aliphatic heterocycles. The van der Waals surface area contributed by atoms with Crippen molar-refractivity contribution in [3.63, 3.8) is 0 Å². The number of rotatable bonds is 7. The lowest BCUT2D eigenvalue weighted by Crippen LogP contribution is -2.50. The van der Waals surface area contributed by atoms with E-state index < -0.39 is 5.41 Å². The average molecular weight is 304 g/mol. The third-order valence-electron chi connectivity index (χ3n) is 4.01. The normalized spacial score (nSPS) is 11.1. The van der Waals surface area contributed by atoms with E-state index in [1.165, 1.54) is 0 Å². The van der Waals surface area contributed by atoms with Crippen LogP contribution in [0.5, 0.6) is 0 Å². The van der Waals surface area contributed by atoms with Crippen molar-refractivity contribution in [3.05, 3.63) is 35.9 Å². The smallest absolute Gasteiger partial charge is 0.237 e. The van der Waals surface area contributed by atoms with Crippen LogP contribution in [0.3, 0.4) is 0 Å². The Labute approximate surface area is 134 Å². The summed E-state index contributed by atoms with van der Waals surface area (Å²) in [7, 11) is 0. The van der Waals surface area contributed by atoms with Gasteiger partial charge in [-0.05, 0) is 40.2 Å². The van der Waals surface area contributed by atoms with Gasteiger partial charge in [0.25, 0.3) is 0 Å². The minimum Gasteiger partial charge on any atom is -0.342 e. The fourth-order valence-electron chi connectivity index (χ4n) is 2.52. The van der Waals surface area contributed by atoms with Gasteiger partial charge < -0.3 is 9.80 Å². The number of hydrogen-bond acceptors (Lipinski definition) is 2. The Bertz CT molecular complexity index is 493. The lowest BCUT2D eigenvalue weighted by molar-refractivity contribution is -0.154. The predicted molar refractivity (Wildman–Crippen MR) is 89.2 cm³/mol. The summed E-state index contributed by atoms with van der Waals surface area (Å²) in [5, 5.41) is 0. The second-order valence-corrected chi connectivity index (χ2v) is 5.91. The van der Waals surface area contributed by atoms with Crippen molar-refractivity contribution in [1.29, 1.82) is 0 Å². The first-order valence-corrected chi connectivity index (χ1v) is 8.01. The molecule has 22 heavy (non-hydrogen) atoms. The molecule has 0 heterocycles. The molecule has 0 aliphatic carbocycles. The molecule has 0 saturated heterocycles. The highest BCUT2D eigenvalue weighted by Crippen LogP contribution is 2.23. The zero-order chi connectivity index (χ0) is 16.8. The molecule has 1 rings (SSSR count). The second kappa shape index (κ2) is 7.97. The van der Waals surface area contributed by atoms with Crippen molar-refractivity contribution in [2.24, 2.45) is 5.41 Å². The molecule has 1 aromatic carbocycles. The Kier molecular flexibility index (Phi) is 6.60. The van der Waals surface area contributed by atoms with Crippen molar-refractivity contribution in [2.45, 2.75) is 41.2 Å². The number of amides is 2. The van der Waals surface area contributed by atoms with Crippen LogP contribution in [0, 0.1) is 5.41 Å². The summed E-state index contributed by atoms with van der Waals surface area (Å²) in [5.74, 6) is -0.218. The number of hydrogen-bond donors (Lipinski definition) is 0. The summed E-state index contributed by atoms with van der Waals surface area (Å²) < 4.78 is 0. The van der Waals surface area contributed by atoms with E-state index in [0.29, 0.717) is 26.2 Å². The standard InChI is InChI=1S/C18H28N2O2/c1-6-19(7-2)16(21)18(4,5)17(22)20(8-3)14-15-12-10-9-11-13-15/h9-13H,6-8,14H2,1-5H3. The van der Waals surface area contributed by atoms with Crippen molar-refractivity contribution in [1.82, 2.24) is 9.80 Å². The van der Waals surface area contributed by atoms with Crippen molar-refractivity contribution >= 4 is 11.8 Å². The topological polar surface area (TPSA) is 40.6 Å². The summed E-state index contributed by atoms with van der Waals surface area (Å²) in [6, 6.07) is 9.86. The summed E-state index contributed by atoms with van der Waals surface area (Å²) in [4.78, 5) is 28.9.